The van der Waals surface area contributed by atoms with E-state index in [1.807, 2.05) is 67.2 Å². The number of para-hydroxylation sites is 1. The molecule has 1 aliphatic rings. The fraction of sp³-hybridized carbons (Fsp3) is 0.267. The van der Waals surface area contributed by atoms with Gasteiger partial charge in [-0.05, 0) is 49.7 Å². The van der Waals surface area contributed by atoms with Crippen molar-refractivity contribution in [3.8, 4) is 17.2 Å². The van der Waals surface area contributed by atoms with Gasteiger partial charge in [0.05, 0.1) is 24.0 Å². The van der Waals surface area contributed by atoms with Gasteiger partial charge in [-0.2, -0.15) is 0 Å². The summed E-state index contributed by atoms with van der Waals surface area (Å²) < 4.78 is 9.78. The highest BCUT2D eigenvalue weighted by molar-refractivity contribution is 5.91. The average Bonchev–Trinajstić information content (AvgIpc) is 3.15. The molecule has 39 heavy (non-hydrogen) atoms. The Hall–Kier alpha value is -4.34. The summed E-state index contributed by atoms with van der Waals surface area (Å²) in [6.45, 7) is 6.33. The van der Waals surface area contributed by atoms with Crippen LogP contribution in [0.25, 0.3) is 5.69 Å². The Morgan fingerprint density at radius 1 is 1.00 bits per heavy atom. The predicted molar refractivity (Wildman–Crippen MR) is 147 cm³/mol. The van der Waals surface area contributed by atoms with Gasteiger partial charge in [0.1, 0.15) is 17.1 Å². The number of aromatic hydroxyl groups is 2. The van der Waals surface area contributed by atoms with Crippen LogP contribution in [-0.2, 0) is 18.3 Å². The van der Waals surface area contributed by atoms with Crippen LogP contribution in [0.4, 0.5) is 0 Å². The van der Waals surface area contributed by atoms with E-state index in [1.54, 1.807) is 4.68 Å². The average molecular weight is 532 g/mol. The lowest BCUT2D eigenvalue weighted by molar-refractivity contribution is -0.0704. The predicted octanol–water partition coefficient (Wildman–Crippen LogP) is 4.24. The molecule has 0 bridgehead atoms. The van der Waals surface area contributed by atoms with E-state index in [-0.39, 0.29) is 34.8 Å². The van der Waals surface area contributed by atoms with E-state index < -0.39 is 5.97 Å². The molecule has 3 N–H and O–H groups in total. The number of carboxylic acid groups (broad SMARTS) is 1. The van der Waals surface area contributed by atoms with E-state index in [1.165, 1.54) is 11.6 Å². The van der Waals surface area contributed by atoms with Crippen molar-refractivity contribution in [3.63, 3.8) is 0 Å². The molecule has 3 aromatic carbocycles. The number of phenolic OH excluding ortho intramolecular Hbond substituents is 1. The van der Waals surface area contributed by atoms with E-state index in [0.717, 1.165) is 35.6 Å². The summed E-state index contributed by atoms with van der Waals surface area (Å²) in [7, 11) is 1.95. The number of morpholine rings is 1. The van der Waals surface area contributed by atoms with Gasteiger partial charge in [0.15, 0.2) is 0 Å². The molecule has 2 atom stereocenters. The molecule has 0 aliphatic carbocycles. The summed E-state index contributed by atoms with van der Waals surface area (Å²) >= 11 is 0. The lowest BCUT2D eigenvalue weighted by atomic mass is 10.00. The zero-order chi connectivity index (χ0) is 28.1. The van der Waals surface area contributed by atoms with Crippen molar-refractivity contribution in [1.82, 2.24) is 14.3 Å². The molecular formula is C30H33N3O6. The van der Waals surface area contributed by atoms with Crippen LogP contribution < -0.4 is 5.56 Å². The molecule has 0 amide bonds. The minimum atomic E-state index is -1.27. The van der Waals surface area contributed by atoms with E-state index in [4.69, 9.17) is 20.1 Å². The number of nitrogens with zero attached hydrogens (tertiary/aromatic N) is 3. The van der Waals surface area contributed by atoms with Gasteiger partial charge in [0.2, 0.25) is 0 Å². The number of hydrogen-bond acceptors (Lipinski definition) is 6. The largest absolute Gasteiger partial charge is 0.508 e. The lowest BCUT2D eigenvalue weighted by Crippen LogP contribution is -2.45. The number of hydrogen-bond donors (Lipinski definition) is 3. The maximum absolute atomic E-state index is 13.2. The number of carbonyl (C=O) groups is 1. The third-order valence-electron chi connectivity index (χ3n) is 7.06. The SMILES string of the molecule is Cc1c(CN2CCOC(c3ccccc3)C2C)c(=O)n(-c2ccccc2)n1C.O=C(O)c1cc(O)ccc1O. The number of phenols is 2. The van der Waals surface area contributed by atoms with Gasteiger partial charge >= 0.3 is 5.97 Å². The minimum absolute atomic E-state index is 0.0234. The Morgan fingerprint density at radius 3 is 2.26 bits per heavy atom. The maximum atomic E-state index is 13.2. The molecule has 2 unspecified atom stereocenters. The number of rotatable bonds is 5. The highest BCUT2D eigenvalue weighted by Crippen LogP contribution is 2.29. The summed E-state index contributed by atoms with van der Waals surface area (Å²) in [6.07, 6.45) is 0.0234. The van der Waals surface area contributed by atoms with E-state index in [2.05, 4.69) is 24.0 Å². The first-order valence-electron chi connectivity index (χ1n) is 12.7. The number of aromatic nitrogens is 2. The number of carboxylic acids is 1. The van der Waals surface area contributed by atoms with Crippen LogP contribution in [0.2, 0.25) is 0 Å². The van der Waals surface area contributed by atoms with Crippen LogP contribution >= 0.6 is 0 Å². The molecular weight excluding hydrogens is 498 g/mol. The first-order chi connectivity index (χ1) is 18.7. The monoisotopic (exact) mass is 531 g/mol. The molecule has 9 nitrogen and oxygen atoms in total. The van der Waals surface area contributed by atoms with Crippen molar-refractivity contribution in [2.45, 2.75) is 32.5 Å². The number of aromatic carboxylic acids is 1. The third kappa shape index (κ3) is 6.05. The molecule has 0 radical (unpaired) electrons. The highest BCUT2D eigenvalue weighted by atomic mass is 16.5. The molecule has 0 spiro atoms. The molecule has 1 aliphatic heterocycles. The molecule has 9 heteroatoms. The van der Waals surface area contributed by atoms with Gasteiger partial charge < -0.3 is 20.1 Å². The molecule has 1 fully saturated rings. The van der Waals surface area contributed by atoms with Crippen molar-refractivity contribution >= 4 is 5.97 Å². The summed E-state index contributed by atoms with van der Waals surface area (Å²) in [6, 6.07) is 23.7. The fourth-order valence-electron chi connectivity index (χ4n) is 4.78. The Balaban J connectivity index is 0.000000270. The van der Waals surface area contributed by atoms with Gasteiger partial charge in [-0.15, -0.1) is 0 Å². The maximum Gasteiger partial charge on any atom is 0.339 e. The summed E-state index contributed by atoms with van der Waals surface area (Å²) in [5.41, 5.74) is 3.69. The van der Waals surface area contributed by atoms with Crippen molar-refractivity contribution in [3.05, 3.63) is 112 Å². The smallest absolute Gasteiger partial charge is 0.339 e. The highest BCUT2D eigenvalue weighted by Gasteiger charge is 2.31. The lowest BCUT2D eigenvalue weighted by Gasteiger charge is -2.39. The van der Waals surface area contributed by atoms with Crippen LogP contribution in [0.15, 0.2) is 83.7 Å². The Labute approximate surface area is 226 Å². The summed E-state index contributed by atoms with van der Waals surface area (Å²) in [5, 5.41) is 26.1. The van der Waals surface area contributed by atoms with Crippen LogP contribution in [0.3, 0.4) is 0 Å². The second-order valence-electron chi connectivity index (χ2n) is 9.46. The Kier molecular flexibility index (Phi) is 8.53. The molecule has 1 saturated heterocycles. The Bertz CT molecular complexity index is 1480. The van der Waals surface area contributed by atoms with Crippen molar-refractivity contribution in [2.75, 3.05) is 13.2 Å². The van der Waals surface area contributed by atoms with E-state index in [0.29, 0.717) is 13.2 Å². The van der Waals surface area contributed by atoms with Gasteiger partial charge in [-0.25, -0.2) is 9.48 Å². The zero-order valence-corrected chi connectivity index (χ0v) is 22.2. The topological polar surface area (TPSA) is 117 Å². The first kappa shape index (κ1) is 27.7. The van der Waals surface area contributed by atoms with Gasteiger partial charge in [0.25, 0.3) is 5.56 Å². The zero-order valence-electron chi connectivity index (χ0n) is 22.2. The van der Waals surface area contributed by atoms with E-state index in [9.17, 15) is 9.59 Å². The number of benzene rings is 3. The first-order valence-corrected chi connectivity index (χ1v) is 12.7. The normalized spacial score (nSPS) is 17.3. The molecule has 5 rings (SSSR count). The van der Waals surface area contributed by atoms with Crippen molar-refractivity contribution in [1.29, 1.82) is 0 Å². The summed E-state index contributed by atoms with van der Waals surface area (Å²) in [4.78, 5) is 25.9. The Morgan fingerprint density at radius 2 is 1.64 bits per heavy atom. The van der Waals surface area contributed by atoms with Crippen LogP contribution in [0, 0.1) is 6.92 Å². The van der Waals surface area contributed by atoms with Crippen molar-refractivity contribution < 1.29 is 24.9 Å². The fourth-order valence-corrected chi connectivity index (χ4v) is 4.78. The molecule has 0 saturated carbocycles. The molecule has 4 aromatic rings. The molecule has 1 aromatic heterocycles. The molecule has 2 heterocycles. The van der Waals surface area contributed by atoms with Crippen LogP contribution in [-0.4, -0.2) is 54.7 Å². The quantitative estimate of drug-likeness (QED) is 0.330. The van der Waals surface area contributed by atoms with Crippen molar-refractivity contribution in [2.24, 2.45) is 7.05 Å². The van der Waals surface area contributed by atoms with Gasteiger partial charge in [-0.1, -0.05) is 48.5 Å². The van der Waals surface area contributed by atoms with Crippen LogP contribution in [0.5, 0.6) is 11.5 Å². The summed E-state index contributed by atoms with van der Waals surface area (Å²) in [5.74, 6) is -1.80. The second kappa shape index (κ2) is 12.0. The van der Waals surface area contributed by atoms with Crippen LogP contribution in [0.1, 0.15) is 40.2 Å². The number of ether oxygens (including phenoxy) is 1. The third-order valence-corrected chi connectivity index (χ3v) is 7.06. The standard InChI is InChI=1S/C23H27N3O2.C7H6O4/c1-17-21(23(27)26(24(17)3)20-12-8-5-9-13-20)16-25-14-15-28-22(18(25)2)19-10-6-4-7-11-19;8-4-1-2-6(9)5(3-4)7(10)11/h4-13,18,22H,14-16H2,1-3H3;1-3,8-9H,(H,10,11). The van der Waals surface area contributed by atoms with Gasteiger partial charge in [-0.3, -0.25) is 14.4 Å². The minimum Gasteiger partial charge on any atom is -0.508 e. The molecule has 204 valence electrons. The second-order valence-corrected chi connectivity index (χ2v) is 9.46. The van der Waals surface area contributed by atoms with E-state index >= 15 is 0 Å². The van der Waals surface area contributed by atoms with Gasteiger partial charge in [0, 0.05) is 31.9 Å².